The minimum Gasteiger partial charge on any atom is -0.342 e. The van der Waals surface area contributed by atoms with Crippen LogP contribution >= 0.6 is 0 Å². The molecule has 7 nitrogen and oxygen atoms in total. The third kappa shape index (κ3) is 3.54. The maximum Gasteiger partial charge on any atom is 0.252 e. The molecule has 0 spiro atoms. The van der Waals surface area contributed by atoms with Gasteiger partial charge in [0.25, 0.3) is 5.91 Å². The van der Waals surface area contributed by atoms with Crippen molar-refractivity contribution in [3.05, 3.63) is 83.9 Å². The Kier molecular flexibility index (Phi) is 4.59. The van der Waals surface area contributed by atoms with Gasteiger partial charge in [-0.1, -0.05) is 6.07 Å². The fourth-order valence-corrected chi connectivity index (χ4v) is 4.44. The van der Waals surface area contributed by atoms with E-state index in [1.165, 1.54) is 24.4 Å². The number of nitrogens with zero attached hydrogens (tertiary/aromatic N) is 3. The van der Waals surface area contributed by atoms with Crippen LogP contribution in [0.4, 0.5) is 4.39 Å². The molecule has 2 heterocycles. The van der Waals surface area contributed by atoms with Gasteiger partial charge in [0.15, 0.2) is 14.9 Å². The number of pyridine rings is 1. The lowest BCUT2D eigenvalue weighted by atomic mass is 10.0. The summed E-state index contributed by atoms with van der Waals surface area (Å²) >= 11 is 0. The maximum atomic E-state index is 13.3. The Balaban J connectivity index is 1.48. The Morgan fingerprint density at radius 3 is 2.56 bits per heavy atom. The number of benzene rings is 2. The molecule has 32 heavy (non-hydrogen) atoms. The number of rotatable bonds is 5. The van der Waals surface area contributed by atoms with E-state index >= 15 is 0 Å². The van der Waals surface area contributed by atoms with Crippen LogP contribution in [0.5, 0.6) is 0 Å². The number of carbonyl (C=O) groups excluding carboxylic acids is 1. The average molecular weight is 450 g/mol. The summed E-state index contributed by atoms with van der Waals surface area (Å²) in [5.41, 5.74) is 1.96. The molecule has 2 aromatic carbocycles. The van der Waals surface area contributed by atoms with Crippen molar-refractivity contribution in [2.45, 2.75) is 23.4 Å². The monoisotopic (exact) mass is 450 g/mol. The van der Waals surface area contributed by atoms with Gasteiger partial charge in [0.1, 0.15) is 5.82 Å². The average Bonchev–Trinajstić information content (AvgIpc) is 3.43. The first-order valence-corrected chi connectivity index (χ1v) is 11.9. The van der Waals surface area contributed by atoms with Crippen molar-refractivity contribution in [3.63, 3.8) is 0 Å². The van der Waals surface area contributed by atoms with Crippen LogP contribution in [0.2, 0.25) is 0 Å². The molecule has 1 fully saturated rings. The number of halogens is 1. The molecule has 1 N–H and O–H groups in total. The standard InChI is InChI=1S/C23H19FN4O3S/c1-32(30,31)21-13-15(9-12-25-21)23(10-11-23)27-22(29)18-3-2-4-20-19(18)14-26-28(20)17-7-5-16(24)6-8-17/h2-9,12-14H,10-11H2,1H3,(H,27,29). The smallest absolute Gasteiger partial charge is 0.252 e. The molecular weight excluding hydrogens is 431 g/mol. The van der Waals surface area contributed by atoms with Crippen LogP contribution in [-0.2, 0) is 15.4 Å². The first-order valence-electron chi connectivity index (χ1n) is 9.99. The van der Waals surface area contributed by atoms with Crippen LogP contribution < -0.4 is 5.32 Å². The van der Waals surface area contributed by atoms with Crippen LogP contribution in [0.3, 0.4) is 0 Å². The molecule has 1 aliphatic carbocycles. The fraction of sp³-hybridized carbons (Fsp3) is 0.174. The molecule has 1 amide bonds. The molecule has 0 unspecified atom stereocenters. The predicted molar refractivity (Wildman–Crippen MR) is 117 cm³/mol. The van der Waals surface area contributed by atoms with Crippen molar-refractivity contribution in [1.82, 2.24) is 20.1 Å². The molecule has 0 saturated heterocycles. The highest BCUT2D eigenvalue weighted by molar-refractivity contribution is 7.90. The van der Waals surface area contributed by atoms with Gasteiger partial charge in [0, 0.05) is 17.8 Å². The van der Waals surface area contributed by atoms with Crippen LogP contribution in [0.1, 0.15) is 28.8 Å². The predicted octanol–water partition coefficient (Wildman–Crippen LogP) is 3.38. The van der Waals surface area contributed by atoms with Crippen LogP contribution in [-0.4, -0.2) is 35.3 Å². The summed E-state index contributed by atoms with van der Waals surface area (Å²) in [7, 11) is -3.45. The topological polar surface area (TPSA) is 94.0 Å². The molecule has 1 saturated carbocycles. The fourth-order valence-electron chi connectivity index (χ4n) is 3.84. The van der Waals surface area contributed by atoms with Crippen molar-refractivity contribution in [1.29, 1.82) is 0 Å². The van der Waals surface area contributed by atoms with E-state index in [0.717, 1.165) is 17.3 Å². The first kappa shape index (κ1) is 20.3. The van der Waals surface area contributed by atoms with Gasteiger partial charge in [-0.25, -0.2) is 22.5 Å². The second-order valence-electron chi connectivity index (χ2n) is 7.96. The zero-order chi connectivity index (χ0) is 22.5. The number of sulfone groups is 1. The number of hydrogen-bond acceptors (Lipinski definition) is 5. The van der Waals surface area contributed by atoms with Gasteiger partial charge in [-0.2, -0.15) is 5.10 Å². The summed E-state index contributed by atoms with van der Waals surface area (Å²) < 4.78 is 38.7. The van der Waals surface area contributed by atoms with Gasteiger partial charge in [0.2, 0.25) is 0 Å². The molecule has 9 heteroatoms. The molecule has 0 bridgehead atoms. The number of fused-ring (bicyclic) bond motifs is 1. The number of amides is 1. The van der Waals surface area contributed by atoms with Crippen molar-refractivity contribution < 1.29 is 17.6 Å². The van der Waals surface area contributed by atoms with E-state index in [4.69, 9.17) is 0 Å². The summed E-state index contributed by atoms with van der Waals surface area (Å²) in [5, 5.41) is 8.11. The van der Waals surface area contributed by atoms with Crippen molar-refractivity contribution >= 4 is 26.6 Å². The third-order valence-corrected chi connectivity index (χ3v) is 6.68. The quantitative estimate of drug-likeness (QED) is 0.503. The van der Waals surface area contributed by atoms with Crippen molar-refractivity contribution in [2.75, 3.05) is 6.26 Å². The lowest BCUT2D eigenvalue weighted by Crippen LogP contribution is -2.35. The van der Waals surface area contributed by atoms with Crippen molar-refractivity contribution in [2.24, 2.45) is 0 Å². The Hall–Kier alpha value is -3.59. The number of nitrogens with one attached hydrogen (secondary N) is 1. The molecule has 2 aromatic heterocycles. The summed E-state index contributed by atoms with van der Waals surface area (Å²) in [6.07, 6.45) is 5.58. The summed E-state index contributed by atoms with van der Waals surface area (Å²) in [4.78, 5) is 17.2. The lowest BCUT2D eigenvalue weighted by molar-refractivity contribution is 0.0932. The molecule has 162 valence electrons. The molecule has 0 atom stereocenters. The number of carbonyl (C=O) groups is 1. The Labute approximate surface area is 183 Å². The zero-order valence-corrected chi connectivity index (χ0v) is 17.9. The Bertz CT molecular complexity index is 1460. The SMILES string of the molecule is CS(=O)(=O)c1cc(C2(NC(=O)c3cccc4c3cnn4-c3ccc(F)cc3)CC2)ccn1. The van der Waals surface area contributed by atoms with Gasteiger partial charge in [-0.05, 0) is 66.9 Å². The van der Waals surface area contributed by atoms with E-state index in [0.29, 0.717) is 29.5 Å². The van der Waals surface area contributed by atoms with Crippen LogP contribution in [0, 0.1) is 5.82 Å². The van der Waals surface area contributed by atoms with Crippen molar-refractivity contribution in [3.8, 4) is 5.69 Å². The molecule has 5 rings (SSSR count). The van der Waals surface area contributed by atoms with Gasteiger partial charge in [0.05, 0.1) is 28.5 Å². The molecule has 4 aromatic rings. The molecule has 1 aliphatic rings. The zero-order valence-electron chi connectivity index (χ0n) is 17.1. The highest BCUT2D eigenvalue weighted by Gasteiger charge is 2.46. The summed E-state index contributed by atoms with van der Waals surface area (Å²) in [5.74, 6) is -0.611. The van der Waals surface area contributed by atoms with Crippen LogP contribution in [0.25, 0.3) is 16.6 Å². The highest BCUT2D eigenvalue weighted by Crippen LogP contribution is 2.46. The summed E-state index contributed by atoms with van der Waals surface area (Å²) in [6, 6.07) is 14.5. The minimum atomic E-state index is -3.45. The third-order valence-electron chi connectivity index (χ3n) is 5.70. The molecule has 0 aliphatic heterocycles. The van der Waals surface area contributed by atoms with Gasteiger partial charge < -0.3 is 5.32 Å². The Morgan fingerprint density at radius 1 is 1.12 bits per heavy atom. The minimum absolute atomic E-state index is 0.0156. The maximum absolute atomic E-state index is 13.3. The Morgan fingerprint density at radius 2 is 1.88 bits per heavy atom. The van der Waals surface area contributed by atoms with Gasteiger partial charge in [-0.3, -0.25) is 4.79 Å². The van der Waals surface area contributed by atoms with E-state index in [-0.39, 0.29) is 16.8 Å². The number of aromatic nitrogens is 3. The van der Waals surface area contributed by atoms with E-state index in [9.17, 15) is 17.6 Å². The van der Waals surface area contributed by atoms with E-state index in [2.05, 4.69) is 15.4 Å². The van der Waals surface area contributed by atoms with E-state index < -0.39 is 15.4 Å². The second kappa shape index (κ2) is 7.23. The normalized spacial score (nSPS) is 14.9. The summed E-state index contributed by atoms with van der Waals surface area (Å²) in [6.45, 7) is 0. The number of hydrogen-bond donors (Lipinski definition) is 1. The molecule has 0 radical (unpaired) electrons. The highest BCUT2D eigenvalue weighted by atomic mass is 32.2. The largest absolute Gasteiger partial charge is 0.342 e. The first-order chi connectivity index (χ1) is 15.3. The van der Waals surface area contributed by atoms with E-state index in [1.54, 1.807) is 41.2 Å². The van der Waals surface area contributed by atoms with E-state index in [1.807, 2.05) is 6.07 Å². The second-order valence-corrected chi connectivity index (χ2v) is 9.92. The van der Waals surface area contributed by atoms with Gasteiger partial charge >= 0.3 is 0 Å². The lowest BCUT2D eigenvalue weighted by Gasteiger charge is -2.19. The van der Waals surface area contributed by atoms with Gasteiger partial charge in [-0.15, -0.1) is 0 Å². The van der Waals surface area contributed by atoms with Crippen LogP contribution in [0.15, 0.2) is 72.0 Å². The molecular formula is C23H19FN4O3S.